The van der Waals surface area contributed by atoms with Gasteiger partial charge in [-0.2, -0.15) is 0 Å². The molecule has 0 aromatic heterocycles. The topological polar surface area (TPSA) is 3.24 Å². The first-order valence-corrected chi connectivity index (χ1v) is 9.36. The number of hydrogen-bond acceptors (Lipinski definition) is 1. The van der Waals surface area contributed by atoms with Gasteiger partial charge in [0.2, 0.25) is 0 Å². The lowest BCUT2D eigenvalue weighted by molar-refractivity contribution is 1.08. The second-order valence-corrected chi connectivity index (χ2v) is 6.76. The molecule has 3 aromatic rings. The van der Waals surface area contributed by atoms with Crippen LogP contribution in [0.15, 0.2) is 115 Å². The average molecular weight is 349 g/mol. The van der Waals surface area contributed by atoms with Crippen LogP contribution in [0.4, 0.5) is 11.4 Å². The van der Waals surface area contributed by atoms with E-state index in [0.717, 1.165) is 6.42 Å². The molecular formula is C26H23N. The molecule has 0 saturated heterocycles. The number of anilines is 2. The van der Waals surface area contributed by atoms with E-state index in [9.17, 15) is 0 Å². The molecule has 0 bridgehead atoms. The molecule has 1 nitrogen and oxygen atoms in total. The van der Waals surface area contributed by atoms with Crippen molar-refractivity contribution in [2.24, 2.45) is 0 Å². The van der Waals surface area contributed by atoms with Crippen LogP contribution in [0.5, 0.6) is 0 Å². The molecule has 3 aromatic carbocycles. The summed E-state index contributed by atoms with van der Waals surface area (Å²) in [6.45, 7) is 2.12. The van der Waals surface area contributed by atoms with E-state index >= 15 is 0 Å². The zero-order valence-corrected chi connectivity index (χ0v) is 15.5. The highest BCUT2D eigenvalue weighted by Gasteiger charge is 2.14. The molecule has 1 heteroatoms. The fourth-order valence-electron chi connectivity index (χ4n) is 3.34. The van der Waals surface area contributed by atoms with E-state index in [1.807, 2.05) is 0 Å². The Morgan fingerprint density at radius 1 is 0.630 bits per heavy atom. The number of allylic oxidation sites excluding steroid dienone is 5. The monoisotopic (exact) mass is 349 g/mol. The standard InChI is InChI=1S/C26H23N/c1-21-13-15-22(16-14-21)23-17-19-26(20-18-23)27(25-11-7-4-8-12-25)24-9-5-2-3-6-10-24/h2-9,11-20H,10H2,1H3. The van der Waals surface area contributed by atoms with E-state index in [-0.39, 0.29) is 0 Å². The molecule has 0 fully saturated rings. The average Bonchev–Trinajstić information content (AvgIpc) is 3.00. The molecular weight excluding hydrogens is 326 g/mol. The third kappa shape index (κ3) is 3.93. The SMILES string of the molecule is Cc1ccc(-c2ccc(N(C3=CC=CC=CC3)c3ccccc3)cc2)cc1. The van der Waals surface area contributed by atoms with Gasteiger partial charge in [0, 0.05) is 23.5 Å². The van der Waals surface area contributed by atoms with Crippen LogP contribution < -0.4 is 4.90 Å². The zero-order chi connectivity index (χ0) is 18.5. The van der Waals surface area contributed by atoms with Gasteiger partial charge in [-0.3, -0.25) is 0 Å². The lowest BCUT2D eigenvalue weighted by atomic mass is 10.0. The third-order valence-corrected chi connectivity index (χ3v) is 4.79. The minimum absolute atomic E-state index is 0.904. The Balaban J connectivity index is 1.72. The van der Waals surface area contributed by atoms with Crippen molar-refractivity contribution in [3.05, 3.63) is 121 Å². The molecule has 132 valence electrons. The summed E-state index contributed by atoms with van der Waals surface area (Å²) in [5.41, 5.74) is 7.38. The Kier molecular flexibility index (Phi) is 5.02. The summed E-state index contributed by atoms with van der Waals surface area (Å²) in [6, 6.07) is 28.1. The van der Waals surface area contributed by atoms with E-state index in [2.05, 4.69) is 121 Å². The largest absolute Gasteiger partial charge is 0.314 e. The Bertz CT molecular complexity index is 975. The Morgan fingerprint density at radius 3 is 1.96 bits per heavy atom. The van der Waals surface area contributed by atoms with Crippen LogP contribution in [0, 0.1) is 6.92 Å². The van der Waals surface area contributed by atoms with Gasteiger partial charge < -0.3 is 4.90 Å². The summed E-state index contributed by atoms with van der Waals surface area (Å²) >= 11 is 0. The van der Waals surface area contributed by atoms with Crippen molar-refractivity contribution < 1.29 is 0 Å². The number of aryl methyl sites for hydroxylation is 1. The fourth-order valence-corrected chi connectivity index (χ4v) is 3.34. The van der Waals surface area contributed by atoms with E-state index < -0.39 is 0 Å². The summed E-state index contributed by atoms with van der Waals surface area (Å²) < 4.78 is 0. The van der Waals surface area contributed by atoms with Crippen LogP contribution in [0.3, 0.4) is 0 Å². The maximum absolute atomic E-state index is 2.33. The van der Waals surface area contributed by atoms with Crippen molar-refractivity contribution in [2.45, 2.75) is 13.3 Å². The van der Waals surface area contributed by atoms with Gasteiger partial charge >= 0.3 is 0 Å². The molecule has 0 aliphatic heterocycles. The fraction of sp³-hybridized carbons (Fsp3) is 0.0769. The molecule has 0 radical (unpaired) electrons. The number of benzene rings is 3. The van der Waals surface area contributed by atoms with Crippen molar-refractivity contribution in [3.63, 3.8) is 0 Å². The normalized spacial score (nSPS) is 13.1. The van der Waals surface area contributed by atoms with Gasteiger partial charge in [-0.05, 0) is 48.4 Å². The summed E-state index contributed by atoms with van der Waals surface area (Å²) in [5, 5.41) is 0. The van der Waals surface area contributed by atoms with Gasteiger partial charge in [0.25, 0.3) is 0 Å². The van der Waals surface area contributed by atoms with Crippen molar-refractivity contribution in [1.82, 2.24) is 0 Å². The van der Waals surface area contributed by atoms with E-state index in [0.29, 0.717) is 0 Å². The maximum atomic E-state index is 2.33. The van der Waals surface area contributed by atoms with Gasteiger partial charge in [0.15, 0.2) is 0 Å². The lowest BCUT2D eigenvalue weighted by Gasteiger charge is -2.27. The van der Waals surface area contributed by atoms with Crippen LogP contribution in [0.25, 0.3) is 11.1 Å². The van der Waals surface area contributed by atoms with Crippen molar-refractivity contribution in [2.75, 3.05) is 4.90 Å². The highest BCUT2D eigenvalue weighted by Crippen LogP contribution is 2.33. The molecule has 1 aliphatic rings. The Morgan fingerprint density at radius 2 is 1.26 bits per heavy atom. The van der Waals surface area contributed by atoms with E-state index in [1.165, 1.54) is 33.8 Å². The number of para-hydroxylation sites is 1. The van der Waals surface area contributed by atoms with Gasteiger partial charge in [-0.25, -0.2) is 0 Å². The summed E-state index contributed by atoms with van der Waals surface area (Å²) in [5.74, 6) is 0. The predicted octanol–water partition coefficient (Wildman–Crippen LogP) is 7.20. The summed E-state index contributed by atoms with van der Waals surface area (Å²) in [4.78, 5) is 2.33. The van der Waals surface area contributed by atoms with Crippen LogP contribution >= 0.6 is 0 Å². The van der Waals surface area contributed by atoms with E-state index in [1.54, 1.807) is 0 Å². The first-order valence-electron chi connectivity index (χ1n) is 9.36. The van der Waals surface area contributed by atoms with Gasteiger partial charge in [0.1, 0.15) is 0 Å². The quantitative estimate of drug-likeness (QED) is 0.481. The second kappa shape index (κ2) is 7.92. The minimum atomic E-state index is 0.904. The van der Waals surface area contributed by atoms with Crippen molar-refractivity contribution in [1.29, 1.82) is 0 Å². The Hall–Kier alpha value is -3.32. The first kappa shape index (κ1) is 17.1. The molecule has 0 saturated carbocycles. The molecule has 0 N–H and O–H groups in total. The Labute approximate surface area is 161 Å². The molecule has 0 heterocycles. The molecule has 1 aliphatic carbocycles. The number of rotatable bonds is 4. The van der Waals surface area contributed by atoms with Crippen LogP contribution in [-0.4, -0.2) is 0 Å². The minimum Gasteiger partial charge on any atom is -0.314 e. The number of nitrogens with zero attached hydrogens (tertiary/aromatic N) is 1. The van der Waals surface area contributed by atoms with E-state index in [4.69, 9.17) is 0 Å². The smallest absolute Gasteiger partial charge is 0.0458 e. The molecule has 0 spiro atoms. The lowest BCUT2D eigenvalue weighted by Crippen LogP contribution is -2.15. The summed E-state index contributed by atoms with van der Waals surface area (Å²) in [7, 11) is 0. The van der Waals surface area contributed by atoms with Crippen molar-refractivity contribution in [3.8, 4) is 11.1 Å². The first-order chi connectivity index (χ1) is 13.3. The molecule has 27 heavy (non-hydrogen) atoms. The van der Waals surface area contributed by atoms with Crippen LogP contribution in [-0.2, 0) is 0 Å². The zero-order valence-electron chi connectivity index (χ0n) is 15.5. The predicted molar refractivity (Wildman–Crippen MR) is 116 cm³/mol. The molecule has 0 atom stereocenters. The highest BCUT2D eigenvalue weighted by molar-refractivity contribution is 5.73. The third-order valence-electron chi connectivity index (χ3n) is 4.79. The molecule has 0 amide bonds. The molecule has 4 rings (SSSR count). The van der Waals surface area contributed by atoms with Gasteiger partial charge in [-0.15, -0.1) is 0 Å². The van der Waals surface area contributed by atoms with Gasteiger partial charge in [-0.1, -0.05) is 84.5 Å². The molecule has 0 unspecified atom stereocenters. The van der Waals surface area contributed by atoms with Gasteiger partial charge in [0.05, 0.1) is 0 Å². The van der Waals surface area contributed by atoms with Crippen LogP contribution in [0.1, 0.15) is 12.0 Å². The van der Waals surface area contributed by atoms with Crippen LogP contribution in [0.2, 0.25) is 0 Å². The highest BCUT2D eigenvalue weighted by atomic mass is 15.1. The number of hydrogen-bond donors (Lipinski definition) is 0. The maximum Gasteiger partial charge on any atom is 0.0458 e. The second-order valence-electron chi connectivity index (χ2n) is 6.76. The van der Waals surface area contributed by atoms with Crippen molar-refractivity contribution >= 4 is 11.4 Å². The summed E-state index contributed by atoms with van der Waals surface area (Å²) in [6.07, 6.45) is 11.6.